The van der Waals surface area contributed by atoms with Gasteiger partial charge in [0.25, 0.3) is 11.8 Å². The van der Waals surface area contributed by atoms with Crippen LogP contribution >= 0.6 is 23.2 Å². The van der Waals surface area contributed by atoms with Gasteiger partial charge in [0.05, 0.1) is 28.8 Å². The molecule has 5 rings (SSSR count). The Labute approximate surface area is 331 Å². The Morgan fingerprint density at radius 1 is 0.945 bits per heavy atom. The molecule has 3 aliphatic rings. The number of rotatable bonds is 15. The van der Waals surface area contributed by atoms with Crippen molar-refractivity contribution in [1.29, 1.82) is 0 Å². The van der Waals surface area contributed by atoms with Crippen LogP contribution in [0.1, 0.15) is 102 Å². The highest BCUT2D eigenvalue weighted by molar-refractivity contribution is 6.42. The van der Waals surface area contributed by atoms with Crippen LogP contribution in [0.2, 0.25) is 10.0 Å². The first kappa shape index (κ1) is 41.9. The van der Waals surface area contributed by atoms with Crippen molar-refractivity contribution in [3.63, 3.8) is 0 Å². The smallest absolute Gasteiger partial charge is 0.289 e. The summed E-state index contributed by atoms with van der Waals surface area (Å²) in [6, 6.07) is 0.374. The Morgan fingerprint density at radius 3 is 2.29 bits per heavy atom. The second-order valence-electron chi connectivity index (χ2n) is 15.8. The summed E-state index contributed by atoms with van der Waals surface area (Å²) in [7, 11) is 0. The zero-order chi connectivity index (χ0) is 39.9. The summed E-state index contributed by atoms with van der Waals surface area (Å²) in [5.41, 5.74) is -0.798. The van der Waals surface area contributed by atoms with E-state index in [9.17, 15) is 28.8 Å². The molecule has 1 saturated heterocycles. The molecule has 4 N–H and O–H groups in total. The maximum absolute atomic E-state index is 14.8. The van der Waals surface area contributed by atoms with Gasteiger partial charge in [-0.15, -0.1) is 0 Å². The number of hydrogen-bond donors (Lipinski definition) is 4. The molecule has 5 amide bonds. The molecule has 0 bridgehead atoms. The third-order valence-electron chi connectivity index (χ3n) is 10.3. The van der Waals surface area contributed by atoms with E-state index in [1.165, 1.54) is 29.6 Å². The number of aromatic nitrogens is 2. The van der Waals surface area contributed by atoms with E-state index in [0.717, 1.165) is 32.1 Å². The zero-order valence-corrected chi connectivity index (χ0v) is 33.3. The van der Waals surface area contributed by atoms with Gasteiger partial charge in [0, 0.05) is 30.9 Å². The van der Waals surface area contributed by atoms with Crippen LogP contribution in [0, 0.1) is 11.3 Å². The first-order chi connectivity index (χ1) is 26.2. The number of benzene rings is 1. The van der Waals surface area contributed by atoms with E-state index in [1.54, 1.807) is 32.9 Å². The van der Waals surface area contributed by atoms with Crippen molar-refractivity contribution in [2.45, 2.75) is 128 Å². The van der Waals surface area contributed by atoms with E-state index in [2.05, 4.69) is 31.2 Å². The number of ether oxygens (including phenoxy) is 1. The molecule has 2 aromatic rings. The summed E-state index contributed by atoms with van der Waals surface area (Å²) >= 11 is 12.4. The third kappa shape index (κ3) is 11.2. The molecule has 2 aliphatic carbocycles. The second-order valence-corrected chi connectivity index (χ2v) is 16.6. The van der Waals surface area contributed by atoms with Gasteiger partial charge >= 0.3 is 0 Å². The highest BCUT2D eigenvalue weighted by Crippen LogP contribution is 2.32. The van der Waals surface area contributed by atoms with E-state index >= 15 is 0 Å². The van der Waals surface area contributed by atoms with Crippen LogP contribution in [0.25, 0.3) is 0 Å². The molecule has 16 heteroatoms. The van der Waals surface area contributed by atoms with Gasteiger partial charge in [0.2, 0.25) is 23.5 Å². The molecular weight excluding hydrogens is 749 g/mol. The first-order valence-corrected chi connectivity index (χ1v) is 19.9. The molecule has 14 nitrogen and oxygen atoms in total. The summed E-state index contributed by atoms with van der Waals surface area (Å²) in [6.45, 7) is 7.20. The largest absolute Gasteiger partial charge is 0.488 e. The predicted molar refractivity (Wildman–Crippen MR) is 205 cm³/mol. The number of ketones is 1. The number of Topliss-reactive ketones (excluding diaryl/α,β-unsaturated/α-hetero) is 1. The minimum Gasteiger partial charge on any atom is -0.488 e. The van der Waals surface area contributed by atoms with Gasteiger partial charge in [0.1, 0.15) is 35.7 Å². The van der Waals surface area contributed by atoms with Gasteiger partial charge in [-0.1, -0.05) is 76.6 Å². The van der Waals surface area contributed by atoms with Gasteiger partial charge in [0.15, 0.2) is 0 Å². The first-order valence-electron chi connectivity index (χ1n) is 19.1. The highest BCUT2D eigenvalue weighted by atomic mass is 35.5. The predicted octanol–water partition coefficient (Wildman–Crippen LogP) is 4.17. The third-order valence-corrected chi connectivity index (χ3v) is 11.0. The summed E-state index contributed by atoms with van der Waals surface area (Å²) in [4.78, 5) is 91.8. The van der Waals surface area contributed by atoms with E-state index in [-0.39, 0.29) is 42.1 Å². The quantitative estimate of drug-likeness (QED) is 0.192. The number of nitrogens with one attached hydrogen (secondary N) is 4. The molecule has 1 aromatic carbocycles. The fraction of sp³-hybridized carbons (Fsp3) is 0.590. The standard InChI is InChI=1S/C39H51Cl2N7O7/c1-5-9-28(32(49)37(53)44-23-12-13-23)45-35(51)30-19-25(55-24-14-15-26(40)27(41)18-24)21-48(30)38(54)33(39(2,3)4)47-36(52)31(22-10-7-6-8-11-22)46-34(50)29-20-42-16-17-43-29/h14-18,20,22-23,25,28,30-31,33H,5-13,19,21H2,1-4H3,(H,44,53)(H,45,51)(H,46,50)(H,47,52)/t25-,28+,30+,31+,33-/m1/s1. The topological polar surface area (TPSA) is 189 Å². The Hall–Kier alpha value is -4.30. The van der Waals surface area contributed by atoms with E-state index < -0.39 is 71.0 Å². The van der Waals surface area contributed by atoms with Crippen LogP contribution in [0.3, 0.4) is 0 Å². The van der Waals surface area contributed by atoms with E-state index in [4.69, 9.17) is 27.9 Å². The number of nitrogens with zero attached hydrogens (tertiary/aromatic N) is 3. The Morgan fingerprint density at radius 2 is 1.67 bits per heavy atom. The second kappa shape index (κ2) is 18.6. The number of halogens is 2. The molecule has 1 aliphatic heterocycles. The van der Waals surface area contributed by atoms with Crippen molar-refractivity contribution >= 4 is 58.5 Å². The molecule has 298 valence electrons. The van der Waals surface area contributed by atoms with Crippen LogP contribution < -0.4 is 26.0 Å². The fourth-order valence-corrected chi connectivity index (χ4v) is 7.42. The van der Waals surface area contributed by atoms with Gasteiger partial charge in [-0.3, -0.25) is 33.8 Å². The number of amides is 5. The lowest BCUT2D eigenvalue weighted by Crippen LogP contribution is -2.62. The number of carbonyl (C=O) groups excluding carboxylic acids is 6. The minimum atomic E-state index is -1.14. The van der Waals surface area contributed by atoms with Crippen LogP contribution in [0.15, 0.2) is 36.8 Å². The van der Waals surface area contributed by atoms with Crippen molar-refractivity contribution in [1.82, 2.24) is 36.1 Å². The Kier molecular flexibility index (Phi) is 14.1. The zero-order valence-electron chi connectivity index (χ0n) is 31.7. The molecule has 0 radical (unpaired) electrons. The highest BCUT2D eigenvalue weighted by Gasteiger charge is 2.47. The van der Waals surface area contributed by atoms with Crippen molar-refractivity contribution in [2.24, 2.45) is 11.3 Å². The summed E-state index contributed by atoms with van der Waals surface area (Å²) in [5, 5.41) is 11.8. The van der Waals surface area contributed by atoms with E-state index in [0.29, 0.717) is 30.0 Å². The van der Waals surface area contributed by atoms with Crippen LogP contribution in [0.4, 0.5) is 0 Å². The van der Waals surface area contributed by atoms with E-state index in [1.807, 2.05) is 6.92 Å². The van der Waals surface area contributed by atoms with Crippen LogP contribution in [-0.4, -0.2) is 93.0 Å². The van der Waals surface area contributed by atoms with Crippen LogP contribution in [-0.2, 0) is 24.0 Å². The fourth-order valence-electron chi connectivity index (χ4n) is 7.13. The number of carbonyl (C=O) groups is 6. The molecule has 5 atom stereocenters. The lowest BCUT2D eigenvalue weighted by Gasteiger charge is -2.37. The molecule has 1 aromatic heterocycles. The van der Waals surface area contributed by atoms with Crippen molar-refractivity contribution in [3.8, 4) is 5.75 Å². The maximum atomic E-state index is 14.8. The summed E-state index contributed by atoms with van der Waals surface area (Å²) < 4.78 is 6.22. The molecule has 3 fully saturated rings. The average molecular weight is 801 g/mol. The average Bonchev–Trinajstić information content (AvgIpc) is 3.88. The maximum Gasteiger partial charge on any atom is 0.289 e. The van der Waals surface area contributed by atoms with Crippen molar-refractivity contribution in [3.05, 3.63) is 52.5 Å². The summed E-state index contributed by atoms with van der Waals surface area (Å²) in [6.07, 6.45) is 10.1. The monoisotopic (exact) mass is 799 g/mol. The van der Waals surface area contributed by atoms with Gasteiger partial charge in [-0.2, -0.15) is 0 Å². The molecule has 2 heterocycles. The lowest BCUT2D eigenvalue weighted by molar-refractivity contribution is -0.145. The lowest BCUT2D eigenvalue weighted by atomic mass is 9.82. The van der Waals surface area contributed by atoms with Gasteiger partial charge in [-0.05, 0) is 55.6 Å². The van der Waals surface area contributed by atoms with Gasteiger partial charge in [-0.25, -0.2) is 4.98 Å². The molecule has 0 spiro atoms. The SMILES string of the molecule is CCC[C@H](NC(=O)[C@@H]1C[C@@H](Oc2ccc(Cl)c(Cl)c2)CN1C(=O)[C@@H](NC(=O)[C@@H](NC(=O)c1cnccn1)C1CCCCC1)C(C)(C)C)C(=O)C(=O)NC1CC1. The normalized spacial score (nSPS) is 20.4. The van der Waals surface area contributed by atoms with Gasteiger partial charge < -0.3 is 30.9 Å². The van der Waals surface area contributed by atoms with Crippen molar-refractivity contribution < 1.29 is 33.5 Å². The number of likely N-dealkylation sites (tertiary alicyclic amines) is 1. The minimum absolute atomic E-state index is 0.0381. The molecule has 0 unspecified atom stereocenters. The number of hydrogen-bond acceptors (Lipinski definition) is 9. The Balaban J connectivity index is 1.40. The molecule has 55 heavy (non-hydrogen) atoms. The molecule has 2 saturated carbocycles. The van der Waals surface area contributed by atoms with Crippen molar-refractivity contribution in [2.75, 3.05) is 6.54 Å². The van der Waals surface area contributed by atoms with Crippen LogP contribution in [0.5, 0.6) is 5.75 Å². The molecular formula is C39H51Cl2N7O7. The summed E-state index contributed by atoms with van der Waals surface area (Å²) in [5.74, 6) is -3.57. The Bertz CT molecular complexity index is 1730.